The van der Waals surface area contributed by atoms with E-state index in [-0.39, 0.29) is 5.91 Å². The Morgan fingerprint density at radius 3 is 2.70 bits per heavy atom. The summed E-state index contributed by atoms with van der Waals surface area (Å²) in [6.45, 7) is 2.66. The maximum Gasteiger partial charge on any atom is 0.326 e. The molecule has 0 bridgehead atoms. The summed E-state index contributed by atoms with van der Waals surface area (Å²) < 4.78 is 0. The summed E-state index contributed by atoms with van der Waals surface area (Å²) in [7, 11) is 3.86. The van der Waals surface area contributed by atoms with Gasteiger partial charge in [-0.1, -0.05) is 19.8 Å². The maximum atomic E-state index is 12.2. The molecule has 0 saturated carbocycles. The van der Waals surface area contributed by atoms with Crippen molar-refractivity contribution in [2.24, 2.45) is 0 Å². The van der Waals surface area contributed by atoms with E-state index >= 15 is 0 Å². The van der Waals surface area contributed by atoms with Crippen LogP contribution in [-0.2, 0) is 11.3 Å². The van der Waals surface area contributed by atoms with Gasteiger partial charge in [0.25, 0.3) is 5.91 Å². The van der Waals surface area contributed by atoms with Gasteiger partial charge in [-0.3, -0.25) is 4.79 Å². The Balaban J connectivity index is 2.73. The Kier molecular flexibility index (Phi) is 6.67. The molecule has 0 aliphatic rings. The number of thiophene rings is 1. The first-order valence-electron chi connectivity index (χ1n) is 6.70. The van der Waals surface area contributed by atoms with Crippen LogP contribution in [0.4, 0.5) is 0 Å². The summed E-state index contributed by atoms with van der Waals surface area (Å²) in [4.78, 5) is 25.9. The van der Waals surface area contributed by atoms with Crippen LogP contribution in [0.25, 0.3) is 0 Å². The largest absolute Gasteiger partial charge is 0.480 e. The minimum atomic E-state index is -0.975. The number of carboxylic acid groups (broad SMARTS) is 1. The fourth-order valence-corrected chi connectivity index (χ4v) is 2.71. The van der Waals surface area contributed by atoms with E-state index < -0.39 is 12.0 Å². The van der Waals surface area contributed by atoms with Crippen LogP contribution in [0.2, 0.25) is 0 Å². The van der Waals surface area contributed by atoms with Crippen LogP contribution in [0.1, 0.15) is 41.4 Å². The molecular formula is C14H22N2O3S. The zero-order valence-corrected chi connectivity index (χ0v) is 13.0. The SMILES string of the molecule is CCCC[C@H](NC(=O)c1sccc1CN(C)C)C(=O)O. The zero-order valence-electron chi connectivity index (χ0n) is 12.2. The molecule has 0 fully saturated rings. The molecule has 0 aliphatic heterocycles. The van der Waals surface area contributed by atoms with Crippen molar-refractivity contribution in [2.75, 3.05) is 14.1 Å². The minimum Gasteiger partial charge on any atom is -0.480 e. The van der Waals surface area contributed by atoms with Gasteiger partial charge in [0.1, 0.15) is 6.04 Å². The second kappa shape index (κ2) is 8.01. The fraction of sp³-hybridized carbons (Fsp3) is 0.571. The molecule has 0 aliphatic carbocycles. The highest BCUT2D eigenvalue weighted by Crippen LogP contribution is 2.18. The Morgan fingerprint density at radius 1 is 1.45 bits per heavy atom. The van der Waals surface area contributed by atoms with Crippen LogP contribution in [0, 0.1) is 0 Å². The molecule has 112 valence electrons. The van der Waals surface area contributed by atoms with E-state index in [1.165, 1.54) is 11.3 Å². The predicted octanol–water partition coefficient (Wildman–Crippen LogP) is 2.18. The van der Waals surface area contributed by atoms with E-state index in [0.29, 0.717) is 17.8 Å². The van der Waals surface area contributed by atoms with Gasteiger partial charge in [0.15, 0.2) is 0 Å². The second-order valence-corrected chi connectivity index (χ2v) is 5.94. The highest BCUT2D eigenvalue weighted by atomic mass is 32.1. The molecule has 5 nitrogen and oxygen atoms in total. The number of hydrogen-bond acceptors (Lipinski definition) is 4. The number of carbonyl (C=O) groups excluding carboxylic acids is 1. The molecular weight excluding hydrogens is 276 g/mol. The molecule has 6 heteroatoms. The molecule has 20 heavy (non-hydrogen) atoms. The van der Waals surface area contributed by atoms with Gasteiger partial charge in [-0.05, 0) is 37.5 Å². The van der Waals surface area contributed by atoms with Gasteiger partial charge >= 0.3 is 5.97 Å². The van der Waals surface area contributed by atoms with Crippen LogP contribution >= 0.6 is 11.3 Å². The van der Waals surface area contributed by atoms with E-state index in [0.717, 1.165) is 18.4 Å². The lowest BCUT2D eigenvalue weighted by molar-refractivity contribution is -0.139. The third kappa shape index (κ3) is 4.94. The molecule has 0 aromatic carbocycles. The van der Waals surface area contributed by atoms with Gasteiger partial charge in [0, 0.05) is 6.54 Å². The number of nitrogens with zero attached hydrogens (tertiary/aromatic N) is 1. The lowest BCUT2D eigenvalue weighted by Crippen LogP contribution is -2.40. The number of carboxylic acids is 1. The molecule has 0 spiro atoms. The highest BCUT2D eigenvalue weighted by molar-refractivity contribution is 7.12. The lowest BCUT2D eigenvalue weighted by Gasteiger charge is -2.15. The first-order chi connectivity index (χ1) is 9.45. The average molecular weight is 298 g/mol. The van der Waals surface area contributed by atoms with Crippen molar-refractivity contribution in [3.8, 4) is 0 Å². The molecule has 0 saturated heterocycles. The van der Waals surface area contributed by atoms with Gasteiger partial charge in [-0.15, -0.1) is 11.3 Å². The first kappa shape index (κ1) is 16.7. The standard InChI is InChI=1S/C14H22N2O3S/c1-4-5-6-11(14(18)19)15-13(17)12-10(7-8-20-12)9-16(2)3/h7-8,11H,4-6,9H2,1-3H3,(H,15,17)(H,18,19)/t11-/m0/s1. The maximum absolute atomic E-state index is 12.2. The van der Waals surface area contributed by atoms with Crippen LogP contribution in [0.5, 0.6) is 0 Å². The third-order valence-corrected chi connectivity index (χ3v) is 3.84. The smallest absolute Gasteiger partial charge is 0.326 e. The van der Waals surface area contributed by atoms with Crippen molar-refractivity contribution in [1.82, 2.24) is 10.2 Å². The van der Waals surface area contributed by atoms with Crippen molar-refractivity contribution in [3.63, 3.8) is 0 Å². The van der Waals surface area contributed by atoms with Crippen molar-refractivity contribution >= 4 is 23.2 Å². The summed E-state index contributed by atoms with van der Waals surface area (Å²) in [6.07, 6.45) is 2.16. The van der Waals surface area contributed by atoms with E-state index in [9.17, 15) is 9.59 Å². The second-order valence-electron chi connectivity index (χ2n) is 5.02. The summed E-state index contributed by atoms with van der Waals surface area (Å²) >= 11 is 1.35. The summed E-state index contributed by atoms with van der Waals surface area (Å²) in [6, 6.07) is 1.10. The molecule has 1 atom stereocenters. The number of hydrogen-bond donors (Lipinski definition) is 2. The summed E-state index contributed by atoms with van der Waals surface area (Å²) in [5.74, 6) is -1.27. The van der Waals surface area contributed by atoms with Gasteiger partial charge in [-0.25, -0.2) is 4.79 Å². The summed E-state index contributed by atoms with van der Waals surface area (Å²) in [5.41, 5.74) is 0.928. The molecule has 2 N–H and O–H groups in total. The van der Waals surface area contributed by atoms with E-state index in [1.54, 1.807) is 0 Å². The van der Waals surface area contributed by atoms with Gasteiger partial charge in [-0.2, -0.15) is 0 Å². The monoisotopic (exact) mass is 298 g/mol. The third-order valence-electron chi connectivity index (χ3n) is 2.89. The van der Waals surface area contributed by atoms with Gasteiger partial charge < -0.3 is 15.3 Å². The topological polar surface area (TPSA) is 69.6 Å². The van der Waals surface area contributed by atoms with Crippen LogP contribution in [-0.4, -0.2) is 42.0 Å². The highest BCUT2D eigenvalue weighted by Gasteiger charge is 2.22. The molecule has 1 rings (SSSR count). The average Bonchev–Trinajstić information content (AvgIpc) is 2.81. The molecule has 0 unspecified atom stereocenters. The molecule has 1 aromatic rings. The van der Waals surface area contributed by atoms with E-state index in [1.807, 2.05) is 37.4 Å². The van der Waals surface area contributed by atoms with Gasteiger partial charge in [0.05, 0.1) is 4.88 Å². The number of carbonyl (C=O) groups is 2. The van der Waals surface area contributed by atoms with Crippen LogP contribution in [0.3, 0.4) is 0 Å². The Morgan fingerprint density at radius 2 is 2.15 bits per heavy atom. The van der Waals surface area contributed by atoms with Gasteiger partial charge in [0.2, 0.25) is 0 Å². The quantitative estimate of drug-likeness (QED) is 0.772. The van der Waals surface area contributed by atoms with Crippen LogP contribution < -0.4 is 5.32 Å². The number of nitrogens with one attached hydrogen (secondary N) is 1. The van der Waals surface area contributed by atoms with E-state index in [4.69, 9.17) is 5.11 Å². The Labute approximate surface area is 123 Å². The number of rotatable bonds is 8. The number of amides is 1. The summed E-state index contributed by atoms with van der Waals surface area (Å²) in [5, 5.41) is 13.6. The lowest BCUT2D eigenvalue weighted by atomic mass is 10.1. The van der Waals surface area contributed by atoms with Crippen molar-refractivity contribution < 1.29 is 14.7 Å². The minimum absolute atomic E-state index is 0.291. The van der Waals surface area contributed by atoms with Crippen LogP contribution in [0.15, 0.2) is 11.4 Å². The molecule has 1 heterocycles. The Hall–Kier alpha value is -1.40. The van der Waals surface area contributed by atoms with E-state index in [2.05, 4.69) is 5.32 Å². The zero-order chi connectivity index (χ0) is 15.1. The van der Waals surface area contributed by atoms with Crippen molar-refractivity contribution in [2.45, 2.75) is 38.8 Å². The molecule has 1 aromatic heterocycles. The Bertz CT molecular complexity index is 457. The van der Waals surface area contributed by atoms with Crippen molar-refractivity contribution in [1.29, 1.82) is 0 Å². The normalized spacial score (nSPS) is 12.4. The van der Waals surface area contributed by atoms with Crippen molar-refractivity contribution in [3.05, 3.63) is 21.9 Å². The molecule has 0 radical (unpaired) electrons. The predicted molar refractivity (Wildman–Crippen MR) is 80.1 cm³/mol. The number of unbranched alkanes of at least 4 members (excludes halogenated alkanes) is 1. The fourth-order valence-electron chi connectivity index (χ4n) is 1.89. The molecule has 1 amide bonds. The number of aliphatic carboxylic acids is 1. The first-order valence-corrected chi connectivity index (χ1v) is 7.58.